The predicted molar refractivity (Wildman–Crippen MR) is 83.9 cm³/mol. The summed E-state index contributed by atoms with van der Waals surface area (Å²) in [5.74, 6) is 7.30. The number of pyridine rings is 1. The Kier molecular flexibility index (Phi) is 4.26. The zero-order valence-electron chi connectivity index (χ0n) is 12.3. The van der Waals surface area contributed by atoms with Gasteiger partial charge < -0.3 is 4.52 Å². The summed E-state index contributed by atoms with van der Waals surface area (Å²) in [4.78, 5) is 8.54. The van der Waals surface area contributed by atoms with Crippen LogP contribution in [0.3, 0.4) is 0 Å². The summed E-state index contributed by atoms with van der Waals surface area (Å²) in [7, 11) is 0. The number of benzene rings is 1. The van der Waals surface area contributed by atoms with Crippen LogP contribution < -0.4 is 0 Å². The average molecular weight is 289 g/mol. The molecule has 0 amide bonds. The lowest BCUT2D eigenvalue weighted by molar-refractivity contribution is 0.380. The van der Waals surface area contributed by atoms with E-state index in [0.717, 1.165) is 11.3 Å². The largest absolute Gasteiger partial charge is 0.339 e. The van der Waals surface area contributed by atoms with Gasteiger partial charge in [-0.1, -0.05) is 47.0 Å². The molecule has 2 aromatic heterocycles. The Morgan fingerprint density at radius 2 is 1.95 bits per heavy atom. The van der Waals surface area contributed by atoms with Crippen molar-refractivity contribution in [3.63, 3.8) is 0 Å². The lowest BCUT2D eigenvalue weighted by Gasteiger charge is -1.94. The second kappa shape index (κ2) is 6.68. The number of aryl methyl sites for hydroxylation is 2. The molecule has 3 aromatic rings. The van der Waals surface area contributed by atoms with Crippen LogP contribution in [0.1, 0.15) is 23.6 Å². The summed E-state index contributed by atoms with van der Waals surface area (Å²) in [5.41, 5.74) is 2.94. The zero-order valence-corrected chi connectivity index (χ0v) is 12.3. The minimum absolute atomic E-state index is 0.603. The van der Waals surface area contributed by atoms with Crippen LogP contribution in [0.15, 0.2) is 53.2 Å². The maximum Gasteiger partial charge on any atom is 0.227 e. The van der Waals surface area contributed by atoms with Gasteiger partial charge in [-0.15, -0.1) is 0 Å². The lowest BCUT2D eigenvalue weighted by atomic mass is 10.1. The van der Waals surface area contributed by atoms with Crippen molar-refractivity contribution < 1.29 is 4.52 Å². The monoisotopic (exact) mass is 289 g/mol. The van der Waals surface area contributed by atoms with Crippen LogP contribution in [0.4, 0.5) is 0 Å². The zero-order chi connectivity index (χ0) is 15.2. The fourth-order valence-corrected chi connectivity index (χ4v) is 1.94. The Bertz CT molecular complexity index is 796. The van der Waals surface area contributed by atoms with E-state index in [0.29, 0.717) is 24.6 Å². The first kappa shape index (κ1) is 14.0. The van der Waals surface area contributed by atoms with E-state index in [2.05, 4.69) is 27.0 Å². The molecule has 0 aliphatic rings. The van der Waals surface area contributed by atoms with Gasteiger partial charge in [0.25, 0.3) is 0 Å². The topological polar surface area (TPSA) is 51.8 Å². The van der Waals surface area contributed by atoms with Gasteiger partial charge in [-0.2, -0.15) is 4.98 Å². The van der Waals surface area contributed by atoms with Crippen LogP contribution in [-0.4, -0.2) is 15.1 Å². The third kappa shape index (κ3) is 3.58. The molecule has 0 aliphatic heterocycles. The molecule has 0 saturated heterocycles. The average Bonchev–Trinajstić information content (AvgIpc) is 3.02. The van der Waals surface area contributed by atoms with Crippen molar-refractivity contribution >= 4 is 0 Å². The highest BCUT2D eigenvalue weighted by atomic mass is 16.5. The summed E-state index contributed by atoms with van der Waals surface area (Å²) < 4.78 is 5.26. The van der Waals surface area contributed by atoms with Crippen LogP contribution in [0.25, 0.3) is 11.4 Å². The summed E-state index contributed by atoms with van der Waals surface area (Å²) in [6.07, 6.45) is 3.03. The molecule has 0 saturated carbocycles. The highest BCUT2D eigenvalue weighted by Gasteiger charge is 2.07. The van der Waals surface area contributed by atoms with Crippen LogP contribution in [0, 0.1) is 18.8 Å². The summed E-state index contributed by atoms with van der Waals surface area (Å²) in [5, 5.41) is 4.01. The molecule has 22 heavy (non-hydrogen) atoms. The third-order valence-electron chi connectivity index (χ3n) is 3.12. The maximum absolute atomic E-state index is 5.26. The molecule has 0 N–H and O–H groups in total. The lowest BCUT2D eigenvalue weighted by Crippen LogP contribution is -1.85. The van der Waals surface area contributed by atoms with Gasteiger partial charge in [0.15, 0.2) is 0 Å². The SMILES string of the molecule is Cc1ccc(-c2noc(CCC#Cc3ccccn3)n2)cc1. The Morgan fingerprint density at radius 3 is 2.73 bits per heavy atom. The predicted octanol–water partition coefficient (Wildman–Crippen LogP) is 3.42. The van der Waals surface area contributed by atoms with Crippen molar-refractivity contribution in [2.75, 3.05) is 0 Å². The number of aromatic nitrogens is 3. The first-order valence-corrected chi connectivity index (χ1v) is 7.11. The standard InChI is InChI=1S/C18H15N3O/c1-14-9-11-15(12-10-14)18-20-17(22-21-18)8-3-2-6-16-7-4-5-13-19-16/h4-5,7,9-13H,3,8H2,1H3. The fourth-order valence-electron chi connectivity index (χ4n) is 1.94. The quantitative estimate of drug-likeness (QED) is 0.693. The molecular formula is C18H15N3O. The minimum atomic E-state index is 0.603. The molecule has 1 aromatic carbocycles. The molecule has 4 nitrogen and oxygen atoms in total. The number of rotatable bonds is 3. The molecule has 108 valence electrons. The van der Waals surface area contributed by atoms with E-state index >= 15 is 0 Å². The van der Waals surface area contributed by atoms with Gasteiger partial charge >= 0.3 is 0 Å². The van der Waals surface area contributed by atoms with E-state index in [1.165, 1.54) is 5.56 Å². The first-order valence-electron chi connectivity index (χ1n) is 7.11. The summed E-state index contributed by atoms with van der Waals surface area (Å²) >= 11 is 0. The van der Waals surface area contributed by atoms with Crippen molar-refractivity contribution in [1.82, 2.24) is 15.1 Å². The van der Waals surface area contributed by atoms with E-state index in [1.807, 2.05) is 49.4 Å². The molecular weight excluding hydrogens is 274 g/mol. The van der Waals surface area contributed by atoms with Crippen LogP contribution in [-0.2, 0) is 6.42 Å². The Hall–Kier alpha value is -2.93. The van der Waals surface area contributed by atoms with Crippen molar-refractivity contribution in [1.29, 1.82) is 0 Å². The van der Waals surface area contributed by atoms with Gasteiger partial charge in [0.1, 0.15) is 5.69 Å². The van der Waals surface area contributed by atoms with Gasteiger partial charge in [0.2, 0.25) is 11.7 Å². The Morgan fingerprint density at radius 1 is 1.09 bits per heavy atom. The van der Waals surface area contributed by atoms with Crippen molar-refractivity contribution in [2.45, 2.75) is 19.8 Å². The highest BCUT2D eigenvalue weighted by Crippen LogP contribution is 2.16. The van der Waals surface area contributed by atoms with Crippen molar-refractivity contribution in [3.05, 3.63) is 65.8 Å². The van der Waals surface area contributed by atoms with Crippen LogP contribution in [0.2, 0.25) is 0 Å². The van der Waals surface area contributed by atoms with Gasteiger partial charge in [-0.25, -0.2) is 4.98 Å². The number of hydrogen-bond acceptors (Lipinski definition) is 4. The van der Waals surface area contributed by atoms with E-state index in [4.69, 9.17) is 4.52 Å². The highest BCUT2D eigenvalue weighted by molar-refractivity contribution is 5.54. The normalized spacial score (nSPS) is 10.0. The number of nitrogens with zero attached hydrogens (tertiary/aromatic N) is 3. The van der Waals surface area contributed by atoms with Gasteiger partial charge in [0.05, 0.1) is 0 Å². The van der Waals surface area contributed by atoms with Crippen molar-refractivity contribution in [3.8, 4) is 23.2 Å². The number of hydrogen-bond donors (Lipinski definition) is 0. The second-order valence-electron chi connectivity index (χ2n) is 4.89. The van der Waals surface area contributed by atoms with E-state index in [1.54, 1.807) is 6.20 Å². The first-order chi connectivity index (χ1) is 10.8. The van der Waals surface area contributed by atoms with Crippen LogP contribution >= 0.6 is 0 Å². The molecule has 2 heterocycles. The van der Waals surface area contributed by atoms with Crippen LogP contribution in [0.5, 0.6) is 0 Å². The molecule has 0 atom stereocenters. The molecule has 0 spiro atoms. The van der Waals surface area contributed by atoms with Gasteiger partial charge in [0, 0.05) is 24.6 Å². The molecule has 4 heteroatoms. The van der Waals surface area contributed by atoms with E-state index in [-0.39, 0.29) is 0 Å². The molecule has 0 bridgehead atoms. The van der Waals surface area contributed by atoms with Gasteiger partial charge in [-0.3, -0.25) is 0 Å². The molecule has 0 aliphatic carbocycles. The Balaban J connectivity index is 1.61. The molecule has 3 rings (SSSR count). The van der Waals surface area contributed by atoms with E-state index in [9.17, 15) is 0 Å². The van der Waals surface area contributed by atoms with Gasteiger partial charge in [-0.05, 0) is 25.0 Å². The maximum atomic E-state index is 5.26. The summed E-state index contributed by atoms with van der Waals surface area (Å²) in [6.45, 7) is 2.05. The van der Waals surface area contributed by atoms with E-state index < -0.39 is 0 Å². The Labute approximate surface area is 129 Å². The molecule has 0 unspecified atom stereocenters. The summed E-state index contributed by atoms with van der Waals surface area (Å²) in [6, 6.07) is 13.7. The third-order valence-corrected chi connectivity index (χ3v) is 3.12. The molecule has 0 radical (unpaired) electrons. The minimum Gasteiger partial charge on any atom is -0.339 e. The second-order valence-corrected chi connectivity index (χ2v) is 4.89. The fraction of sp³-hybridized carbons (Fsp3) is 0.167. The van der Waals surface area contributed by atoms with Crippen molar-refractivity contribution in [2.24, 2.45) is 0 Å². The molecule has 0 fully saturated rings. The smallest absolute Gasteiger partial charge is 0.227 e.